The standard InChI is InChI=1S/C15H20ClNO4/c1-4-17(11(3)8-15(19)20)14(18)9-21-12-5-6-13(16)10(2)7-12/h5-7,11H,4,8-9H2,1-3H3,(H,19,20). The maximum atomic E-state index is 12.1. The van der Waals surface area contributed by atoms with E-state index in [1.54, 1.807) is 25.1 Å². The molecule has 6 heteroatoms. The van der Waals surface area contributed by atoms with Crippen LogP contribution in [0.1, 0.15) is 25.8 Å². The van der Waals surface area contributed by atoms with Crippen LogP contribution in [0.5, 0.6) is 5.75 Å². The molecule has 1 aromatic rings. The smallest absolute Gasteiger partial charge is 0.305 e. The molecule has 0 heterocycles. The Balaban J connectivity index is 2.61. The maximum absolute atomic E-state index is 12.1. The number of nitrogens with zero attached hydrogens (tertiary/aromatic N) is 1. The van der Waals surface area contributed by atoms with E-state index in [4.69, 9.17) is 21.4 Å². The van der Waals surface area contributed by atoms with Crippen LogP contribution >= 0.6 is 11.6 Å². The van der Waals surface area contributed by atoms with E-state index < -0.39 is 5.97 Å². The molecule has 0 spiro atoms. The fourth-order valence-electron chi connectivity index (χ4n) is 2.03. The third kappa shape index (κ3) is 5.27. The van der Waals surface area contributed by atoms with E-state index in [0.717, 1.165) is 5.56 Å². The minimum absolute atomic E-state index is 0.0837. The van der Waals surface area contributed by atoms with Gasteiger partial charge in [-0.25, -0.2) is 0 Å². The van der Waals surface area contributed by atoms with Gasteiger partial charge in [0.15, 0.2) is 6.61 Å². The maximum Gasteiger partial charge on any atom is 0.305 e. The number of aliphatic carboxylic acids is 1. The second-order valence-electron chi connectivity index (χ2n) is 4.83. The Morgan fingerprint density at radius 1 is 1.43 bits per heavy atom. The van der Waals surface area contributed by atoms with E-state index in [9.17, 15) is 9.59 Å². The van der Waals surface area contributed by atoms with Crippen LogP contribution in [0.3, 0.4) is 0 Å². The molecule has 0 fully saturated rings. The molecule has 0 bridgehead atoms. The molecular formula is C15H20ClNO4. The molecule has 0 saturated heterocycles. The number of hydrogen-bond donors (Lipinski definition) is 1. The Morgan fingerprint density at radius 3 is 2.62 bits per heavy atom. The molecule has 1 amide bonds. The molecule has 1 atom stereocenters. The normalized spacial score (nSPS) is 11.8. The number of amides is 1. The molecule has 1 N–H and O–H groups in total. The lowest BCUT2D eigenvalue weighted by atomic mass is 10.2. The highest BCUT2D eigenvalue weighted by Crippen LogP contribution is 2.21. The first-order chi connectivity index (χ1) is 9.85. The minimum atomic E-state index is -0.928. The highest BCUT2D eigenvalue weighted by Gasteiger charge is 2.21. The molecule has 116 valence electrons. The molecule has 0 radical (unpaired) electrons. The fraction of sp³-hybridized carbons (Fsp3) is 0.467. The quantitative estimate of drug-likeness (QED) is 0.840. The SMILES string of the molecule is CCN(C(=O)COc1ccc(Cl)c(C)c1)C(C)CC(=O)O. The van der Waals surface area contributed by atoms with Gasteiger partial charge in [0.05, 0.1) is 6.42 Å². The van der Waals surface area contributed by atoms with Crippen molar-refractivity contribution in [2.24, 2.45) is 0 Å². The van der Waals surface area contributed by atoms with Gasteiger partial charge in [0.2, 0.25) is 0 Å². The van der Waals surface area contributed by atoms with E-state index in [1.807, 2.05) is 13.8 Å². The predicted molar refractivity (Wildman–Crippen MR) is 80.8 cm³/mol. The first-order valence-corrected chi connectivity index (χ1v) is 7.13. The summed E-state index contributed by atoms with van der Waals surface area (Å²) < 4.78 is 5.44. The summed E-state index contributed by atoms with van der Waals surface area (Å²) in [5.74, 6) is -0.603. The highest BCUT2D eigenvalue weighted by molar-refractivity contribution is 6.31. The zero-order chi connectivity index (χ0) is 16.0. The van der Waals surface area contributed by atoms with Crippen molar-refractivity contribution in [3.8, 4) is 5.75 Å². The summed E-state index contributed by atoms with van der Waals surface area (Å²) in [7, 11) is 0. The van der Waals surface area contributed by atoms with Crippen molar-refractivity contribution in [1.82, 2.24) is 4.90 Å². The van der Waals surface area contributed by atoms with E-state index in [-0.39, 0.29) is 25.0 Å². The molecule has 1 aromatic carbocycles. The molecule has 0 aliphatic rings. The van der Waals surface area contributed by atoms with Crippen LogP contribution in [0.2, 0.25) is 5.02 Å². The minimum Gasteiger partial charge on any atom is -0.484 e. The van der Waals surface area contributed by atoms with Crippen LogP contribution in [0.25, 0.3) is 0 Å². The number of aryl methyl sites for hydroxylation is 1. The summed E-state index contributed by atoms with van der Waals surface area (Å²) in [6, 6.07) is 4.79. The third-order valence-electron chi connectivity index (χ3n) is 3.15. The molecule has 21 heavy (non-hydrogen) atoms. The number of benzene rings is 1. The summed E-state index contributed by atoms with van der Waals surface area (Å²) >= 11 is 5.92. The molecule has 1 rings (SSSR count). The second-order valence-corrected chi connectivity index (χ2v) is 5.23. The number of carbonyl (C=O) groups is 2. The number of hydrogen-bond acceptors (Lipinski definition) is 3. The number of carbonyl (C=O) groups excluding carboxylic acids is 1. The number of carboxylic acid groups (broad SMARTS) is 1. The highest BCUT2D eigenvalue weighted by atomic mass is 35.5. The van der Waals surface area contributed by atoms with Gasteiger partial charge < -0.3 is 14.7 Å². The summed E-state index contributed by atoms with van der Waals surface area (Å²) in [6.07, 6.45) is -0.0837. The first kappa shape index (κ1) is 17.3. The van der Waals surface area contributed by atoms with Crippen molar-refractivity contribution in [2.45, 2.75) is 33.2 Å². The first-order valence-electron chi connectivity index (χ1n) is 6.75. The van der Waals surface area contributed by atoms with Gasteiger partial charge in [-0.15, -0.1) is 0 Å². The molecule has 0 saturated carbocycles. The van der Waals surface area contributed by atoms with Crippen molar-refractivity contribution in [3.63, 3.8) is 0 Å². The molecule has 0 aliphatic carbocycles. The number of likely N-dealkylation sites (N-methyl/N-ethyl adjacent to an activating group) is 1. The Morgan fingerprint density at radius 2 is 2.10 bits per heavy atom. The van der Waals surface area contributed by atoms with Crippen molar-refractivity contribution in [1.29, 1.82) is 0 Å². The number of halogens is 1. The summed E-state index contributed by atoms with van der Waals surface area (Å²) in [6.45, 7) is 5.68. The Labute approximate surface area is 129 Å². The van der Waals surface area contributed by atoms with Gasteiger partial charge in [-0.3, -0.25) is 9.59 Å². The van der Waals surface area contributed by atoms with Gasteiger partial charge >= 0.3 is 5.97 Å². The molecule has 0 aliphatic heterocycles. The van der Waals surface area contributed by atoms with Gasteiger partial charge in [-0.1, -0.05) is 11.6 Å². The Bertz CT molecular complexity index is 518. The van der Waals surface area contributed by atoms with Crippen molar-refractivity contribution in [2.75, 3.05) is 13.2 Å². The van der Waals surface area contributed by atoms with E-state index in [0.29, 0.717) is 17.3 Å². The summed E-state index contributed by atoms with van der Waals surface area (Å²) in [5, 5.41) is 9.43. The predicted octanol–water partition coefficient (Wildman–Crippen LogP) is 2.74. The lowest BCUT2D eigenvalue weighted by Gasteiger charge is -2.27. The third-order valence-corrected chi connectivity index (χ3v) is 3.58. The second kappa shape index (κ2) is 7.88. The van der Waals surface area contributed by atoms with Crippen molar-refractivity contribution in [3.05, 3.63) is 28.8 Å². The molecule has 1 unspecified atom stereocenters. The molecule has 0 aromatic heterocycles. The van der Waals surface area contributed by atoms with Gasteiger partial charge in [0.25, 0.3) is 5.91 Å². The Hall–Kier alpha value is -1.75. The lowest BCUT2D eigenvalue weighted by Crippen LogP contribution is -2.42. The monoisotopic (exact) mass is 313 g/mol. The van der Waals surface area contributed by atoms with Gasteiger partial charge in [0, 0.05) is 17.6 Å². The number of carboxylic acids is 1. The van der Waals surface area contributed by atoms with E-state index in [1.165, 1.54) is 4.90 Å². The average molecular weight is 314 g/mol. The van der Waals surface area contributed by atoms with Crippen LogP contribution in [0, 0.1) is 6.92 Å². The van der Waals surface area contributed by atoms with E-state index >= 15 is 0 Å². The van der Waals surface area contributed by atoms with Crippen LogP contribution < -0.4 is 4.74 Å². The zero-order valence-electron chi connectivity index (χ0n) is 12.4. The number of rotatable bonds is 7. The molecular weight excluding hydrogens is 294 g/mol. The Kier molecular flexibility index (Phi) is 6.49. The van der Waals surface area contributed by atoms with Crippen LogP contribution in [0.4, 0.5) is 0 Å². The number of ether oxygens (including phenoxy) is 1. The van der Waals surface area contributed by atoms with E-state index in [2.05, 4.69) is 0 Å². The molecule has 5 nitrogen and oxygen atoms in total. The summed E-state index contributed by atoms with van der Waals surface area (Å²) in [4.78, 5) is 24.3. The van der Waals surface area contributed by atoms with Crippen molar-refractivity contribution < 1.29 is 19.4 Å². The average Bonchev–Trinajstić information content (AvgIpc) is 2.40. The van der Waals surface area contributed by atoms with Crippen molar-refractivity contribution >= 4 is 23.5 Å². The van der Waals surface area contributed by atoms with Gasteiger partial charge in [0.1, 0.15) is 5.75 Å². The summed E-state index contributed by atoms with van der Waals surface area (Å²) in [5.41, 5.74) is 0.869. The fourth-order valence-corrected chi connectivity index (χ4v) is 2.15. The van der Waals surface area contributed by atoms with Gasteiger partial charge in [-0.05, 0) is 44.5 Å². The lowest BCUT2D eigenvalue weighted by molar-refractivity contribution is -0.141. The van der Waals surface area contributed by atoms with Crippen LogP contribution in [0.15, 0.2) is 18.2 Å². The topological polar surface area (TPSA) is 66.8 Å². The van der Waals surface area contributed by atoms with Gasteiger partial charge in [-0.2, -0.15) is 0 Å². The van der Waals surface area contributed by atoms with Crippen LogP contribution in [-0.4, -0.2) is 41.1 Å². The van der Waals surface area contributed by atoms with Crippen LogP contribution in [-0.2, 0) is 9.59 Å². The largest absolute Gasteiger partial charge is 0.484 e. The zero-order valence-corrected chi connectivity index (χ0v) is 13.2.